The van der Waals surface area contributed by atoms with Crippen LogP contribution in [0, 0.1) is 0 Å². The zero-order chi connectivity index (χ0) is 12.4. The molecule has 17 heavy (non-hydrogen) atoms. The maximum Gasteiger partial charge on any atom is 0.183 e. The lowest BCUT2D eigenvalue weighted by atomic mass is 10.1. The van der Waals surface area contributed by atoms with Crippen LogP contribution in [0.2, 0.25) is 5.02 Å². The third-order valence-electron chi connectivity index (χ3n) is 2.31. The van der Waals surface area contributed by atoms with E-state index in [1.165, 1.54) is 0 Å². The Labute approximate surface area is 121 Å². The Morgan fingerprint density at radius 2 is 2.06 bits per heavy atom. The van der Waals surface area contributed by atoms with Crippen molar-refractivity contribution in [3.05, 3.63) is 55.8 Å². The highest BCUT2D eigenvalue weighted by Crippen LogP contribution is 2.31. The Morgan fingerprint density at radius 3 is 2.65 bits per heavy atom. The molecular formula is C12H9Br2ClO2. The van der Waals surface area contributed by atoms with Crippen LogP contribution in [0.15, 0.2) is 43.9 Å². The Morgan fingerprint density at radius 1 is 1.29 bits per heavy atom. The van der Waals surface area contributed by atoms with Crippen molar-refractivity contribution in [3.63, 3.8) is 0 Å². The molecule has 90 valence electrons. The van der Waals surface area contributed by atoms with Gasteiger partial charge in [-0.3, -0.25) is 0 Å². The molecule has 0 aliphatic heterocycles. The molecule has 0 fully saturated rings. The molecule has 2 nitrogen and oxygen atoms in total. The number of benzene rings is 1. The van der Waals surface area contributed by atoms with Crippen LogP contribution in [0.3, 0.4) is 0 Å². The van der Waals surface area contributed by atoms with Gasteiger partial charge in [-0.2, -0.15) is 0 Å². The molecule has 0 amide bonds. The van der Waals surface area contributed by atoms with Crippen LogP contribution < -0.4 is 0 Å². The number of aliphatic hydroxyl groups is 1. The number of hydrogen-bond donors (Lipinski definition) is 1. The summed E-state index contributed by atoms with van der Waals surface area (Å²) in [5.41, 5.74) is 0.966. The van der Waals surface area contributed by atoms with E-state index in [1.807, 2.05) is 18.2 Å². The predicted molar refractivity (Wildman–Crippen MR) is 74.2 cm³/mol. The van der Waals surface area contributed by atoms with Gasteiger partial charge in [0.25, 0.3) is 0 Å². The van der Waals surface area contributed by atoms with Crippen molar-refractivity contribution < 1.29 is 9.52 Å². The molecule has 0 saturated heterocycles. The van der Waals surface area contributed by atoms with E-state index in [0.29, 0.717) is 21.9 Å². The van der Waals surface area contributed by atoms with E-state index < -0.39 is 6.10 Å². The van der Waals surface area contributed by atoms with Crippen LogP contribution in [0.5, 0.6) is 0 Å². The summed E-state index contributed by atoms with van der Waals surface area (Å²) in [6.07, 6.45) is -0.219. The van der Waals surface area contributed by atoms with E-state index in [9.17, 15) is 5.11 Å². The van der Waals surface area contributed by atoms with E-state index >= 15 is 0 Å². The van der Waals surface area contributed by atoms with Crippen molar-refractivity contribution in [1.29, 1.82) is 0 Å². The van der Waals surface area contributed by atoms with Gasteiger partial charge in [0.1, 0.15) is 11.9 Å². The fourth-order valence-electron chi connectivity index (χ4n) is 1.52. The first kappa shape index (κ1) is 13.1. The Kier molecular flexibility index (Phi) is 4.31. The lowest BCUT2D eigenvalue weighted by Gasteiger charge is -2.07. The van der Waals surface area contributed by atoms with E-state index in [-0.39, 0.29) is 0 Å². The molecule has 0 aliphatic carbocycles. The molecule has 1 aromatic carbocycles. The van der Waals surface area contributed by atoms with Crippen LogP contribution in [-0.2, 0) is 6.42 Å². The van der Waals surface area contributed by atoms with Crippen molar-refractivity contribution in [3.8, 4) is 0 Å². The summed E-state index contributed by atoms with van der Waals surface area (Å²) in [5.74, 6) is 0.517. The maximum atomic E-state index is 10.0. The molecule has 1 unspecified atom stereocenters. The molecule has 2 rings (SSSR count). The number of rotatable bonds is 3. The van der Waals surface area contributed by atoms with Crippen molar-refractivity contribution in [1.82, 2.24) is 0 Å². The predicted octanol–water partition coefficient (Wildman–Crippen LogP) is 4.73. The van der Waals surface area contributed by atoms with Gasteiger partial charge in [-0.1, -0.05) is 23.7 Å². The molecule has 0 aliphatic rings. The Hall–Kier alpha value is -0.290. The minimum Gasteiger partial charge on any atom is -0.450 e. The van der Waals surface area contributed by atoms with Gasteiger partial charge in [0, 0.05) is 11.4 Å². The molecule has 1 N–H and O–H groups in total. The van der Waals surface area contributed by atoms with E-state index in [4.69, 9.17) is 16.0 Å². The SMILES string of the molecule is OC(Cc1cccc(Cl)c1)c1cc(Br)c(Br)o1. The molecule has 0 saturated carbocycles. The van der Waals surface area contributed by atoms with Crippen LogP contribution in [-0.4, -0.2) is 5.11 Å². The largest absolute Gasteiger partial charge is 0.450 e. The minimum atomic E-state index is -0.684. The normalized spacial score (nSPS) is 12.7. The number of hydrogen-bond acceptors (Lipinski definition) is 2. The minimum absolute atomic E-state index is 0.465. The van der Waals surface area contributed by atoms with Crippen molar-refractivity contribution >= 4 is 43.5 Å². The first-order valence-electron chi connectivity index (χ1n) is 4.93. The molecule has 1 atom stereocenters. The molecule has 0 spiro atoms. The maximum absolute atomic E-state index is 10.0. The van der Waals surface area contributed by atoms with Gasteiger partial charge in [0.2, 0.25) is 0 Å². The van der Waals surface area contributed by atoms with Crippen LogP contribution >= 0.6 is 43.5 Å². The molecule has 1 aromatic heterocycles. The molecule has 2 aromatic rings. The summed E-state index contributed by atoms with van der Waals surface area (Å²) in [5, 5.41) is 10.7. The summed E-state index contributed by atoms with van der Waals surface area (Å²) in [6, 6.07) is 9.16. The summed E-state index contributed by atoms with van der Waals surface area (Å²) in [6.45, 7) is 0. The smallest absolute Gasteiger partial charge is 0.183 e. The number of furan rings is 1. The third-order valence-corrected chi connectivity index (χ3v) is 4.26. The molecular weight excluding hydrogens is 371 g/mol. The average molecular weight is 380 g/mol. The highest BCUT2D eigenvalue weighted by Gasteiger charge is 2.15. The summed E-state index contributed by atoms with van der Waals surface area (Å²) in [7, 11) is 0. The van der Waals surface area contributed by atoms with Gasteiger partial charge in [0.05, 0.1) is 4.47 Å². The van der Waals surface area contributed by atoms with Gasteiger partial charge in [-0.15, -0.1) is 0 Å². The quantitative estimate of drug-likeness (QED) is 0.835. The highest BCUT2D eigenvalue weighted by molar-refractivity contribution is 9.13. The van der Waals surface area contributed by atoms with Gasteiger partial charge >= 0.3 is 0 Å². The number of aliphatic hydroxyl groups excluding tert-OH is 1. The van der Waals surface area contributed by atoms with E-state index in [2.05, 4.69) is 31.9 Å². The second-order valence-electron chi connectivity index (χ2n) is 3.62. The van der Waals surface area contributed by atoms with Crippen molar-refractivity contribution in [2.24, 2.45) is 0 Å². The molecule has 0 radical (unpaired) electrons. The van der Waals surface area contributed by atoms with Crippen LogP contribution in [0.25, 0.3) is 0 Å². The summed E-state index contributed by atoms with van der Waals surface area (Å²) < 4.78 is 6.74. The van der Waals surface area contributed by atoms with Crippen LogP contribution in [0.1, 0.15) is 17.4 Å². The van der Waals surface area contributed by atoms with E-state index in [0.717, 1.165) is 10.0 Å². The van der Waals surface area contributed by atoms with Gasteiger partial charge in [0.15, 0.2) is 4.67 Å². The Bertz CT molecular complexity index is 505. The van der Waals surface area contributed by atoms with Gasteiger partial charge in [-0.25, -0.2) is 0 Å². The average Bonchev–Trinajstić information content (AvgIpc) is 2.59. The fourth-order valence-corrected chi connectivity index (χ4v) is 2.34. The van der Waals surface area contributed by atoms with Gasteiger partial charge < -0.3 is 9.52 Å². The topological polar surface area (TPSA) is 33.4 Å². The van der Waals surface area contributed by atoms with Crippen molar-refractivity contribution in [2.45, 2.75) is 12.5 Å². The fraction of sp³-hybridized carbons (Fsp3) is 0.167. The standard InChI is InChI=1S/C12H9Br2ClO2/c13-9-6-11(17-12(9)14)10(16)5-7-2-1-3-8(15)4-7/h1-4,6,10,16H,5H2. The summed E-state index contributed by atoms with van der Waals surface area (Å²) in [4.78, 5) is 0. The zero-order valence-corrected chi connectivity index (χ0v) is 12.6. The second-order valence-corrected chi connectivity index (χ2v) is 5.63. The summed E-state index contributed by atoms with van der Waals surface area (Å²) >= 11 is 12.4. The van der Waals surface area contributed by atoms with Crippen molar-refractivity contribution in [2.75, 3.05) is 0 Å². The third kappa shape index (κ3) is 3.35. The monoisotopic (exact) mass is 378 g/mol. The molecule has 5 heteroatoms. The first-order valence-corrected chi connectivity index (χ1v) is 6.90. The number of halogens is 3. The Balaban J connectivity index is 2.14. The molecule has 1 heterocycles. The van der Waals surface area contributed by atoms with Crippen LogP contribution in [0.4, 0.5) is 0 Å². The van der Waals surface area contributed by atoms with E-state index in [1.54, 1.807) is 12.1 Å². The zero-order valence-electron chi connectivity index (χ0n) is 8.66. The molecule has 0 bridgehead atoms. The lowest BCUT2D eigenvalue weighted by molar-refractivity contribution is 0.149. The second kappa shape index (κ2) is 5.57. The lowest BCUT2D eigenvalue weighted by Crippen LogP contribution is -2.00. The first-order chi connectivity index (χ1) is 8.06. The van der Waals surface area contributed by atoms with Gasteiger partial charge in [-0.05, 0) is 55.6 Å². The highest BCUT2D eigenvalue weighted by atomic mass is 79.9.